The van der Waals surface area contributed by atoms with E-state index in [-0.39, 0.29) is 0 Å². The lowest BCUT2D eigenvalue weighted by Gasteiger charge is -2.40. The second-order valence-corrected chi connectivity index (χ2v) is 5.24. The van der Waals surface area contributed by atoms with Gasteiger partial charge in [0.15, 0.2) is 0 Å². The molecule has 2 unspecified atom stereocenters. The molecule has 0 amide bonds. The third kappa shape index (κ3) is 2.57. The zero-order valence-corrected chi connectivity index (χ0v) is 11.2. The number of piperidine rings is 1. The Morgan fingerprint density at radius 3 is 2.65 bits per heavy atom. The average molecular weight is 249 g/mol. The average Bonchev–Trinajstić information content (AvgIpc) is 2.29. The van der Waals surface area contributed by atoms with Gasteiger partial charge in [0.05, 0.1) is 0 Å². The summed E-state index contributed by atoms with van der Waals surface area (Å²) in [6, 6.07) is 4.94. The van der Waals surface area contributed by atoms with Crippen LogP contribution in [0.3, 0.4) is 0 Å². The summed E-state index contributed by atoms with van der Waals surface area (Å²) in [7, 11) is 0. The fourth-order valence-electron chi connectivity index (χ4n) is 2.59. The molecule has 0 spiro atoms. The molecule has 0 radical (unpaired) electrons. The largest absolute Gasteiger partial charge is 0.389 e. The number of aromatic nitrogens is 1. The van der Waals surface area contributed by atoms with E-state index in [0.717, 1.165) is 11.4 Å². The van der Waals surface area contributed by atoms with E-state index >= 15 is 0 Å². The lowest BCUT2D eigenvalue weighted by Crippen LogP contribution is -2.44. The van der Waals surface area contributed by atoms with Crippen molar-refractivity contribution in [1.29, 1.82) is 0 Å². The van der Waals surface area contributed by atoms with Gasteiger partial charge in [-0.15, -0.1) is 0 Å². The Kier molecular flexibility index (Phi) is 3.62. The first-order valence-electron chi connectivity index (χ1n) is 6.14. The molecule has 2 N–H and O–H groups in total. The fourth-order valence-corrected chi connectivity index (χ4v) is 2.71. The van der Waals surface area contributed by atoms with Gasteiger partial charge in [0.1, 0.15) is 10.8 Å². The van der Waals surface area contributed by atoms with Crippen molar-refractivity contribution in [2.24, 2.45) is 5.73 Å². The molecule has 1 saturated heterocycles. The predicted octanol–water partition coefficient (Wildman–Crippen LogP) is 2.48. The van der Waals surface area contributed by atoms with Crippen molar-refractivity contribution in [2.45, 2.75) is 45.2 Å². The summed E-state index contributed by atoms with van der Waals surface area (Å²) in [5, 5.41) is 0. The Morgan fingerprint density at radius 1 is 1.41 bits per heavy atom. The standard InChI is InChI=1S/C13H19N3S/c1-9-4-3-5-10(2)16(9)12-8-11(13(14)17)6-7-15-12/h6-10H,3-5H2,1-2H3,(H2,14,17). The van der Waals surface area contributed by atoms with Crippen molar-refractivity contribution in [3.63, 3.8) is 0 Å². The van der Waals surface area contributed by atoms with Gasteiger partial charge in [-0.3, -0.25) is 0 Å². The van der Waals surface area contributed by atoms with E-state index in [9.17, 15) is 0 Å². The Hall–Kier alpha value is -1.16. The number of anilines is 1. The molecule has 92 valence electrons. The zero-order chi connectivity index (χ0) is 12.4. The molecule has 0 saturated carbocycles. The third-order valence-corrected chi connectivity index (χ3v) is 3.72. The number of pyridine rings is 1. The van der Waals surface area contributed by atoms with Crippen LogP contribution in [0.25, 0.3) is 0 Å². The topological polar surface area (TPSA) is 42.1 Å². The van der Waals surface area contributed by atoms with Gasteiger partial charge in [-0.05, 0) is 45.2 Å². The molecule has 17 heavy (non-hydrogen) atoms. The first-order valence-corrected chi connectivity index (χ1v) is 6.54. The van der Waals surface area contributed by atoms with Crippen molar-refractivity contribution in [3.8, 4) is 0 Å². The minimum Gasteiger partial charge on any atom is -0.389 e. The van der Waals surface area contributed by atoms with Gasteiger partial charge in [-0.1, -0.05) is 12.2 Å². The second-order valence-electron chi connectivity index (χ2n) is 4.80. The number of nitrogens with two attached hydrogens (primary N) is 1. The lowest BCUT2D eigenvalue weighted by molar-refractivity contribution is 0.411. The molecule has 2 atom stereocenters. The van der Waals surface area contributed by atoms with Crippen molar-refractivity contribution < 1.29 is 0 Å². The van der Waals surface area contributed by atoms with Crippen LogP contribution in [0.15, 0.2) is 18.3 Å². The van der Waals surface area contributed by atoms with Crippen LogP contribution in [-0.4, -0.2) is 22.1 Å². The molecule has 2 rings (SSSR count). The van der Waals surface area contributed by atoms with E-state index in [0.29, 0.717) is 17.1 Å². The minimum absolute atomic E-state index is 0.436. The number of hydrogen-bond acceptors (Lipinski definition) is 3. The Morgan fingerprint density at radius 2 is 2.06 bits per heavy atom. The van der Waals surface area contributed by atoms with Crippen LogP contribution in [0.1, 0.15) is 38.7 Å². The summed E-state index contributed by atoms with van der Waals surface area (Å²) in [4.78, 5) is 7.27. The number of nitrogens with zero attached hydrogens (tertiary/aromatic N) is 2. The van der Waals surface area contributed by atoms with Crippen molar-refractivity contribution in [1.82, 2.24) is 4.98 Å². The van der Waals surface area contributed by atoms with E-state index < -0.39 is 0 Å². The van der Waals surface area contributed by atoms with E-state index in [1.807, 2.05) is 12.1 Å². The van der Waals surface area contributed by atoms with Crippen molar-refractivity contribution in [2.75, 3.05) is 4.90 Å². The molecule has 3 nitrogen and oxygen atoms in total. The van der Waals surface area contributed by atoms with Gasteiger partial charge in [0.2, 0.25) is 0 Å². The van der Waals surface area contributed by atoms with Crippen LogP contribution < -0.4 is 10.6 Å². The molecule has 4 heteroatoms. The van der Waals surface area contributed by atoms with Gasteiger partial charge in [0, 0.05) is 23.8 Å². The van der Waals surface area contributed by atoms with Crippen LogP contribution in [0.2, 0.25) is 0 Å². The maximum atomic E-state index is 5.67. The van der Waals surface area contributed by atoms with Crippen LogP contribution >= 0.6 is 12.2 Å². The molecule has 2 heterocycles. The number of rotatable bonds is 2. The highest BCUT2D eigenvalue weighted by atomic mass is 32.1. The quantitative estimate of drug-likeness (QED) is 0.818. The fraction of sp³-hybridized carbons (Fsp3) is 0.538. The van der Waals surface area contributed by atoms with E-state index in [1.54, 1.807) is 6.20 Å². The molecular weight excluding hydrogens is 230 g/mol. The van der Waals surface area contributed by atoms with E-state index in [4.69, 9.17) is 18.0 Å². The maximum absolute atomic E-state index is 5.67. The summed E-state index contributed by atoms with van der Waals surface area (Å²) >= 11 is 5.01. The minimum atomic E-state index is 0.436. The predicted molar refractivity (Wildman–Crippen MR) is 75.4 cm³/mol. The molecule has 1 aromatic heterocycles. The summed E-state index contributed by atoms with van der Waals surface area (Å²) in [5.41, 5.74) is 6.56. The molecule has 0 bridgehead atoms. The molecule has 0 aromatic carbocycles. The highest BCUT2D eigenvalue weighted by molar-refractivity contribution is 7.80. The van der Waals surface area contributed by atoms with Crippen molar-refractivity contribution in [3.05, 3.63) is 23.9 Å². The van der Waals surface area contributed by atoms with Crippen LogP contribution in [0.4, 0.5) is 5.82 Å². The van der Waals surface area contributed by atoms with Gasteiger partial charge in [-0.25, -0.2) is 4.98 Å². The van der Waals surface area contributed by atoms with Gasteiger partial charge in [0.25, 0.3) is 0 Å². The molecular formula is C13H19N3S. The highest BCUT2D eigenvalue weighted by Gasteiger charge is 2.25. The molecule has 1 aromatic rings. The smallest absolute Gasteiger partial charge is 0.129 e. The van der Waals surface area contributed by atoms with Crippen molar-refractivity contribution >= 4 is 23.0 Å². The van der Waals surface area contributed by atoms with E-state index in [2.05, 4.69) is 23.7 Å². The van der Waals surface area contributed by atoms with Crippen LogP contribution in [0, 0.1) is 0 Å². The SMILES string of the molecule is CC1CCCC(C)N1c1cc(C(N)=S)ccn1. The van der Waals surface area contributed by atoms with Gasteiger partial charge >= 0.3 is 0 Å². The van der Waals surface area contributed by atoms with E-state index in [1.165, 1.54) is 19.3 Å². The summed E-state index contributed by atoms with van der Waals surface area (Å²) in [6.07, 6.45) is 5.54. The normalized spacial score (nSPS) is 24.7. The first-order chi connectivity index (χ1) is 8.09. The second kappa shape index (κ2) is 5.00. The van der Waals surface area contributed by atoms with Crippen LogP contribution in [-0.2, 0) is 0 Å². The molecule has 0 aliphatic carbocycles. The highest BCUT2D eigenvalue weighted by Crippen LogP contribution is 2.27. The first kappa shape index (κ1) is 12.3. The lowest BCUT2D eigenvalue weighted by atomic mass is 9.97. The van der Waals surface area contributed by atoms with Gasteiger partial charge < -0.3 is 10.6 Å². The Labute approximate surface area is 108 Å². The van der Waals surface area contributed by atoms with Crippen LogP contribution in [0.5, 0.6) is 0 Å². The molecule has 1 aliphatic rings. The zero-order valence-electron chi connectivity index (χ0n) is 10.4. The molecule has 1 aliphatic heterocycles. The number of hydrogen-bond donors (Lipinski definition) is 1. The number of thiocarbonyl (C=S) groups is 1. The Bertz CT molecular complexity index is 409. The third-order valence-electron chi connectivity index (χ3n) is 3.49. The summed E-state index contributed by atoms with van der Waals surface area (Å²) < 4.78 is 0. The summed E-state index contributed by atoms with van der Waals surface area (Å²) in [6.45, 7) is 4.51. The Balaban J connectivity index is 2.31. The molecule has 1 fully saturated rings. The summed E-state index contributed by atoms with van der Waals surface area (Å²) in [5.74, 6) is 0.995. The maximum Gasteiger partial charge on any atom is 0.129 e. The monoisotopic (exact) mass is 249 g/mol. The van der Waals surface area contributed by atoms with Gasteiger partial charge in [-0.2, -0.15) is 0 Å².